The van der Waals surface area contributed by atoms with Crippen molar-refractivity contribution < 1.29 is 76.3 Å². The number of likely N-dealkylation sites (tertiary alicyclic amines) is 2. The van der Waals surface area contributed by atoms with E-state index in [1.54, 1.807) is 63.5 Å². The second kappa shape index (κ2) is 44.4. The van der Waals surface area contributed by atoms with Gasteiger partial charge in [0.15, 0.2) is 23.3 Å². The second-order valence-electron chi connectivity index (χ2n) is 29.0. The van der Waals surface area contributed by atoms with Gasteiger partial charge in [0.1, 0.15) is 28.3 Å². The van der Waals surface area contributed by atoms with E-state index >= 15 is 0 Å². The average Bonchev–Trinajstić information content (AvgIpc) is 1.59. The molecule has 0 radical (unpaired) electrons. The van der Waals surface area contributed by atoms with Gasteiger partial charge in [-0.15, -0.1) is 21.5 Å². The van der Waals surface area contributed by atoms with Crippen LogP contribution in [0.1, 0.15) is 131 Å². The number of fused-ring (bicyclic) bond motifs is 3. The fourth-order valence-corrected chi connectivity index (χ4v) is 15.0. The number of thiophene rings is 1. The van der Waals surface area contributed by atoms with Crippen LogP contribution in [0.5, 0.6) is 0 Å². The van der Waals surface area contributed by atoms with Gasteiger partial charge in [-0.3, -0.25) is 62.5 Å². The fraction of sp³-hybridized carbons (Fsp3) is 0.506. The summed E-state index contributed by atoms with van der Waals surface area (Å²) in [5, 5.41) is 35.4. The summed E-state index contributed by atoms with van der Waals surface area (Å²) in [6.07, 6.45) is 10.8. The molecule has 41 heteroatoms. The van der Waals surface area contributed by atoms with Crippen LogP contribution in [0.15, 0.2) is 78.6 Å². The Morgan fingerprint density at radius 2 is 1.01 bits per heavy atom. The number of aliphatic imine (C=N–C) groups is 1. The minimum absolute atomic E-state index is 0.001000. The van der Waals surface area contributed by atoms with Gasteiger partial charge in [0.25, 0.3) is 29.5 Å². The summed E-state index contributed by atoms with van der Waals surface area (Å²) in [4.78, 5) is 141. The van der Waals surface area contributed by atoms with Gasteiger partial charge >= 0.3 is 0 Å². The van der Waals surface area contributed by atoms with Crippen LogP contribution in [0.4, 0.5) is 23.0 Å². The van der Waals surface area contributed by atoms with Crippen LogP contribution in [0.2, 0.25) is 5.02 Å². The average molecular weight is 1700 g/mol. The molecule has 8 aromatic rings. The molecule has 646 valence electrons. The van der Waals surface area contributed by atoms with E-state index in [0.717, 1.165) is 78.8 Å². The highest BCUT2D eigenvalue weighted by molar-refractivity contribution is 7.15. The summed E-state index contributed by atoms with van der Waals surface area (Å²) < 4.78 is 48.9. The molecule has 9 amide bonds. The van der Waals surface area contributed by atoms with Gasteiger partial charge in [-0.25, -0.2) is 15.0 Å². The van der Waals surface area contributed by atoms with Crippen LogP contribution < -0.4 is 47.9 Å². The van der Waals surface area contributed by atoms with Crippen molar-refractivity contribution in [3.63, 3.8) is 0 Å². The van der Waals surface area contributed by atoms with Gasteiger partial charge < -0.3 is 104 Å². The van der Waals surface area contributed by atoms with Crippen LogP contribution in [-0.2, 0) is 87.6 Å². The Kier molecular flexibility index (Phi) is 33.2. The molecule has 2 saturated heterocycles. The Balaban J connectivity index is 0.434. The fourth-order valence-electron chi connectivity index (χ4n) is 13.6. The molecule has 0 bridgehead atoms. The number of piperidine rings is 1. The third-order valence-corrected chi connectivity index (χ3v) is 21.5. The van der Waals surface area contributed by atoms with Crippen molar-refractivity contribution in [2.75, 3.05) is 173 Å². The number of aryl methyl sites for hydroxylation is 7. The minimum Gasteiger partial charge on any atom is -0.378 e. The van der Waals surface area contributed by atoms with Gasteiger partial charge in [-0.1, -0.05) is 23.7 Å². The molecule has 10 heterocycles. The standard InChI is InChI=1S/C79H106ClN23O16S/c1-50-51(2)120-79-68(50)69(53-9-11-54(80)12-10-53)89-59(70-95-94-52(3)103(70)79)43-67(107)86-55-16-23-102(24-17-55)58-46-101(47-58)26-28-114-30-32-116-34-36-118-38-40-119-39-37-117-35-33-115-31-29-113-27-22-81-64(104)13-18-85-76(110)72-92-62(48-99(72)7)90-65(105)14-19-84-75(109)61-42-57(45-98(61)6)88-78(112)73-93-63(49-100(73)8)91-66(106)15-20-83-74(108)60-41-56(44-97(60)5)87-77(111)71-82-21-25-96(71)4/h9-12,21,25,41-42,44-45,48-49,55,58-59H,13-20,22-24,26-40,43,46-47H2,1-8H3,(H,81,104)(H,83,108)(H,84,109)(H,85,110)(H,86,107)(H,87,111)(H,88,112)(H,90,105)(H,91,106)/t59-/m0/s1. The molecule has 0 spiro atoms. The molecule has 39 nitrogen and oxygen atoms in total. The van der Waals surface area contributed by atoms with Crippen LogP contribution in [-0.4, -0.2) is 285 Å². The molecule has 1 atom stereocenters. The van der Waals surface area contributed by atoms with Crippen LogP contribution >= 0.6 is 22.9 Å². The first-order valence-electron chi connectivity index (χ1n) is 39.8. The van der Waals surface area contributed by atoms with E-state index in [0.29, 0.717) is 108 Å². The van der Waals surface area contributed by atoms with E-state index in [-0.39, 0.29) is 123 Å². The summed E-state index contributed by atoms with van der Waals surface area (Å²) in [5.41, 5.74) is 5.03. The normalized spacial score (nSPS) is 14.3. The molecule has 2 fully saturated rings. The number of hydrogen-bond donors (Lipinski definition) is 9. The maximum Gasteiger partial charge on any atom is 0.291 e. The van der Waals surface area contributed by atoms with Gasteiger partial charge in [-0.2, -0.15) is 0 Å². The number of imidazole rings is 3. The zero-order valence-corrected chi connectivity index (χ0v) is 70.3. The SMILES string of the molecule is Cc1sc2c(c1C)C(c1ccc(Cl)cc1)=N[C@@H](CC(=O)NC1CCN(C3CN(CCOCCOCCOCCOCCOCCOCCOCCNC(=O)CCNC(=O)c4nc(NC(=O)CCNC(=O)c5cc(NC(=O)c6nc(NC(=O)CCNC(=O)c7cc(NC(=O)c8nccn8C)cn7C)cn6C)cn5C)cn4C)C3)CC1)c1nnc(C)n1-2. The monoisotopic (exact) mass is 1700 g/mol. The molecule has 1 aromatic carbocycles. The highest BCUT2D eigenvalue weighted by Crippen LogP contribution is 2.40. The predicted molar refractivity (Wildman–Crippen MR) is 444 cm³/mol. The lowest BCUT2D eigenvalue weighted by Gasteiger charge is -2.47. The zero-order chi connectivity index (χ0) is 85.2. The number of nitrogens with zero attached hydrogens (tertiary/aromatic N) is 14. The molecule has 3 aliphatic heterocycles. The van der Waals surface area contributed by atoms with Crippen molar-refractivity contribution in [2.24, 2.45) is 40.2 Å². The lowest BCUT2D eigenvalue weighted by Crippen LogP contribution is -2.62. The first-order valence-corrected chi connectivity index (χ1v) is 41.0. The number of benzene rings is 1. The van der Waals surface area contributed by atoms with E-state index in [9.17, 15) is 43.2 Å². The van der Waals surface area contributed by atoms with E-state index in [4.69, 9.17) is 49.8 Å². The second-order valence-corrected chi connectivity index (χ2v) is 30.6. The summed E-state index contributed by atoms with van der Waals surface area (Å²) in [5.74, 6) is -2.21. The highest BCUT2D eigenvalue weighted by Gasteiger charge is 2.37. The summed E-state index contributed by atoms with van der Waals surface area (Å²) in [7, 11) is 8.05. The topological polar surface area (TPSA) is 439 Å². The summed E-state index contributed by atoms with van der Waals surface area (Å²) in [6.45, 7) is 17.1. The van der Waals surface area contributed by atoms with Gasteiger partial charge in [0, 0.05) is 184 Å². The molecule has 0 saturated carbocycles. The molecular weight excluding hydrogens is 1590 g/mol. The number of anilines is 4. The van der Waals surface area contributed by atoms with E-state index in [1.807, 2.05) is 31.2 Å². The number of amides is 9. The van der Waals surface area contributed by atoms with Crippen LogP contribution in [0.25, 0.3) is 5.00 Å². The number of rotatable bonds is 47. The third-order valence-electron chi connectivity index (χ3n) is 20.1. The smallest absolute Gasteiger partial charge is 0.291 e. The number of hydrogen-bond acceptors (Lipinski definition) is 25. The lowest BCUT2D eigenvalue weighted by molar-refractivity contribution is -0.123. The molecule has 0 unspecified atom stereocenters. The Morgan fingerprint density at radius 1 is 0.517 bits per heavy atom. The quantitative estimate of drug-likeness (QED) is 0.0247. The maximum atomic E-state index is 13.8. The number of carbonyl (C=O) groups is 9. The van der Waals surface area contributed by atoms with Crippen molar-refractivity contribution in [3.8, 4) is 5.00 Å². The van der Waals surface area contributed by atoms with Gasteiger partial charge in [0.05, 0.1) is 116 Å². The zero-order valence-electron chi connectivity index (χ0n) is 68.7. The number of nitrogens with one attached hydrogen (secondary N) is 9. The summed E-state index contributed by atoms with van der Waals surface area (Å²) >= 11 is 7.99. The lowest BCUT2D eigenvalue weighted by atomic mass is 9.99. The van der Waals surface area contributed by atoms with E-state index in [1.165, 1.54) is 60.1 Å². The summed E-state index contributed by atoms with van der Waals surface area (Å²) in [6, 6.07) is 10.8. The molecule has 7 aromatic heterocycles. The molecule has 11 rings (SSSR count). The number of aromatic nitrogens is 11. The molecule has 0 aliphatic carbocycles. The van der Waals surface area contributed by atoms with Crippen molar-refractivity contribution >= 4 is 105 Å². The van der Waals surface area contributed by atoms with Crippen molar-refractivity contribution in [1.29, 1.82) is 0 Å². The maximum absolute atomic E-state index is 13.8. The number of carbonyl (C=O) groups excluding carboxylic acids is 9. The number of ether oxygens (including phenoxy) is 7. The largest absolute Gasteiger partial charge is 0.378 e. The van der Waals surface area contributed by atoms with Crippen molar-refractivity contribution in [1.82, 2.24) is 88.9 Å². The molecule has 9 N–H and O–H groups in total. The first-order chi connectivity index (χ1) is 57.9. The van der Waals surface area contributed by atoms with Crippen molar-refractivity contribution in [3.05, 3.63) is 141 Å². The van der Waals surface area contributed by atoms with E-state index in [2.05, 4.69) is 101 Å². The Morgan fingerprint density at radius 3 is 1.53 bits per heavy atom. The Labute approximate surface area is 702 Å². The molecular formula is C79H106ClN23O16S. The molecule has 3 aliphatic rings. The highest BCUT2D eigenvalue weighted by atomic mass is 35.5. The van der Waals surface area contributed by atoms with Crippen molar-refractivity contribution in [2.45, 2.75) is 77.4 Å². The number of halogens is 1. The van der Waals surface area contributed by atoms with E-state index < -0.39 is 47.4 Å². The predicted octanol–water partition coefficient (Wildman–Crippen LogP) is 3.41. The molecule has 120 heavy (non-hydrogen) atoms. The van der Waals surface area contributed by atoms with Gasteiger partial charge in [-0.05, 0) is 63.4 Å². The Bertz CT molecular complexity index is 4870. The van der Waals surface area contributed by atoms with Gasteiger partial charge in [0.2, 0.25) is 35.3 Å². The van der Waals surface area contributed by atoms with Crippen LogP contribution in [0.3, 0.4) is 0 Å². The first kappa shape index (κ1) is 89.9. The van der Waals surface area contributed by atoms with Crippen LogP contribution in [0, 0.1) is 20.8 Å². The minimum atomic E-state index is -0.638. The Hall–Kier alpha value is -10.9. The third kappa shape index (κ3) is 25.6.